The van der Waals surface area contributed by atoms with E-state index >= 15 is 0 Å². The standard InChI is InChI=1S/C22H30ClN5O3S/c1-15(2)12-20-25-26-22(32-20)24-19(29)6-7-21(30)28-10-8-27(9-11-28)14-16-13-17(23)4-5-18(16)31-3/h4-5,13,15H,6-12,14H2,1-3H3,(H,24,26,29). The number of halogens is 1. The molecule has 1 saturated heterocycles. The van der Waals surface area contributed by atoms with E-state index in [2.05, 4.69) is 34.3 Å². The van der Waals surface area contributed by atoms with Crippen LogP contribution in [-0.2, 0) is 22.6 Å². The molecule has 1 N–H and O–H groups in total. The predicted molar refractivity (Wildman–Crippen MR) is 126 cm³/mol. The Labute approximate surface area is 197 Å². The third-order valence-corrected chi connectivity index (χ3v) is 6.32. The molecule has 0 radical (unpaired) electrons. The average Bonchev–Trinajstić information content (AvgIpc) is 3.18. The molecule has 0 unspecified atom stereocenters. The number of carbonyl (C=O) groups is 2. The maximum absolute atomic E-state index is 12.6. The summed E-state index contributed by atoms with van der Waals surface area (Å²) in [6, 6.07) is 5.60. The van der Waals surface area contributed by atoms with Crippen molar-refractivity contribution in [1.82, 2.24) is 20.0 Å². The first kappa shape index (κ1) is 24.4. The number of hydrogen-bond acceptors (Lipinski definition) is 7. The zero-order valence-corrected chi connectivity index (χ0v) is 20.3. The second-order valence-corrected chi connectivity index (χ2v) is 9.76. The van der Waals surface area contributed by atoms with Crippen molar-refractivity contribution in [3.63, 3.8) is 0 Å². The first-order valence-electron chi connectivity index (χ1n) is 10.8. The van der Waals surface area contributed by atoms with Gasteiger partial charge >= 0.3 is 0 Å². The molecule has 0 bridgehead atoms. The fraction of sp³-hybridized carbons (Fsp3) is 0.545. The number of nitrogens with one attached hydrogen (secondary N) is 1. The highest BCUT2D eigenvalue weighted by molar-refractivity contribution is 7.15. The minimum absolute atomic E-state index is 0.00195. The normalized spacial score (nSPS) is 14.6. The molecule has 1 aromatic heterocycles. The van der Waals surface area contributed by atoms with Crippen LogP contribution in [0, 0.1) is 5.92 Å². The number of rotatable bonds is 9. The van der Waals surface area contributed by atoms with Gasteiger partial charge in [-0.15, -0.1) is 10.2 Å². The lowest BCUT2D eigenvalue weighted by molar-refractivity contribution is -0.134. The van der Waals surface area contributed by atoms with Crippen LogP contribution in [0.4, 0.5) is 5.13 Å². The Morgan fingerprint density at radius 1 is 1.19 bits per heavy atom. The molecule has 2 amide bonds. The van der Waals surface area contributed by atoms with Crippen LogP contribution in [0.5, 0.6) is 5.75 Å². The highest BCUT2D eigenvalue weighted by Crippen LogP contribution is 2.24. The molecule has 0 spiro atoms. The molecule has 1 fully saturated rings. The van der Waals surface area contributed by atoms with Crippen LogP contribution in [0.15, 0.2) is 18.2 Å². The van der Waals surface area contributed by atoms with Crippen LogP contribution >= 0.6 is 22.9 Å². The first-order valence-corrected chi connectivity index (χ1v) is 12.0. The summed E-state index contributed by atoms with van der Waals surface area (Å²) in [4.78, 5) is 28.9. The lowest BCUT2D eigenvalue weighted by atomic mass is 10.1. The Morgan fingerprint density at radius 3 is 2.62 bits per heavy atom. The number of amides is 2. The Kier molecular flexibility index (Phi) is 8.84. The maximum atomic E-state index is 12.6. The first-order chi connectivity index (χ1) is 15.3. The molecule has 174 valence electrons. The molecule has 0 atom stereocenters. The molecule has 1 aliphatic rings. The number of carbonyl (C=O) groups excluding carboxylic acids is 2. The number of methoxy groups -OCH3 is 1. The predicted octanol–water partition coefficient (Wildman–Crippen LogP) is 3.46. The van der Waals surface area contributed by atoms with Gasteiger partial charge in [-0.25, -0.2) is 0 Å². The lowest BCUT2D eigenvalue weighted by Crippen LogP contribution is -2.48. The Hall–Kier alpha value is -2.23. The van der Waals surface area contributed by atoms with Gasteiger partial charge in [0, 0.05) is 62.6 Å². The summed E-state index contributed by atoms with van der Waals surface area (Å²) < 4.78 is 5.42. The highest BCUT2D eigenvalue weighted by atomic mass is 35.5. The van der Waals surface area contributed by atoms with Gasteiger partial charge in [0.25, 0.3) is 0 Å². The summed E-state index contributed by atoms with van der Waals surface area (Å²) in [5, 5.41) is 12.9. The number of hydrogen-bond donors (Lipinski definition) is 1. The fourth-order valence-corrected chi connectivity index (χ4v) is 4.73. The SMILES string of the molecule is COc1ccc(Cl)cc1CN1CCN(C(=O)CCC(=O)Nc2nnc(CC(C)C)s2)CC1. The van der Waals surface area contributed by atoms with E-state index in [0.29, 0.717) is 29.2 Å². The molecule has 1 aliphatic heterocycles. The average molecular weight is 480 g/mol. The molecule has 8 nitrogen and oxygen atoms in total. The Morgan fingerprint density at radius 2 is 1.94 bits per heavy atom. The van der Waals surface area contributed by atoms with E-state index in [0.717, 1.165) is 42.4 Å². The molecule has 0 saturated carbocycles. The summed E-state index contributed by atoms with van der Waals surface area (Å²) in [7, 11) is 1.65. The molecule has 10 heteroatoms. The quantitative estimate of drug-likeness (QED) is 0.592. The second kappa shape index (κ2) is 11.6. The van der Waals surface area contributed by atoms with E-state index in [-0.39, 0.29) is 24.7 Å². The van der Waals surface area contributed by atoms with Gasteiger partial charge in [-0.2, -0.15) is 0 Å². The monoisotopic (exact) mass is 479 g/mol. The van der Waals surface area contributed by atoms with Gasteiger partial charge in [-0.1, -0.05) is 36.8 Å². The number of nitrogens with zero attached hydrogens (tertiary/aromatic N) is 4. The van der Waals surface area contributed by atoms with Crippen molar-refractivity contribution >= 4 is 39.9 Å². The Balaban J connectivity index is 1.40. The molecule has 3 rings (SSSR count). The van der Waals surface area contributed by atoms with Crippen molar-refractivity contribution in [3.05, 3.63) is 33.8 Å². The van der Waals surface area contributed by atoms with E-state index in [1.54, 1.807) is 7.11 Å². The van der Waals surface area contributed by atoms with E-state index in [1.807, 2.05) is 23.1 Å². The van der Waals surface area contributed by atoms with E-state index in [4.69, 9.17) is 16.3 Å². The van der Waals surface area contributed by atoms with E-state index in [1.165, 1.54) is 11.3 Å². The van der Waals surface area contributed by atoms with Gasteiger partial charge in [-0.3, -0.25) is 14.5 Å². The van der Waals surface area contributed by atoms with Gasteiger partial charge < -0.3 is 15.0 Å². The molecule has 1 aromatic carbocycles. The molecule has 32 heavy (non-hydrogen) atoms. The van der Waals surface area contributed by atoms with Crippen molar-refractivity contribution < 1.29 is 14.3 Å². The molecular weight excluding hydrogens is 450 g/mol. The van der Waals surface area contributed by atoms with Gasteiger partial charge in [-0.05, 0) is 24.1 Å². The Bertz CT molecular complexity index is 928. The number of benzene rings is 1. The maximum Gasteiger partial charge on any atom is 0.226 e. The summed E-state index contributed by atoms with van der Waals surface area (Å²) in [6.07, 6.45) is 1.16. The number of aromatic nitrogens is 2. The molecule has 2 heterocycles. The highest BCUT2D eigenvalue weighted by Gasteiger charge is 2.22. The lowest BCUT2D eigenvalue weighted by Gasteiger charge is -2.35. The summed E-state index contributed by atoms with van der Waals surface area (Å²) in [5.41, 5.74) is 1.03. The van der Waals surface area contributed by atoms with Crippen LogP contribution in [0.25, 0.3) is 0 Å². The van der Waals surface area contributed by atoms with Crippen LogP contribution in [0.2, 0.25) is 5.02 Å². The van der Waals surface area contributed by atoms with Gasteiger partial charge in [0.2, 0.25) is 16.9 Å². The fourth-order valence-electron chi connectivity index (χ4n) is 3.56. The van der Waals surface area contributed by atoms with Crippen molar-refractivity contribution in [3.8, 4) is 5.75 Å². The van der Waals surface area contributed by atoms with Gasteiger partial charge in [0.15, 0.2) is 0 Å². The number of anilines is 1. The van der Waals surface area contributed by atoms with Crippen molar-refractivity contribution in [2.45, 2.75) is 39.7 Å². The summed E-state index contributed by atoms with van der Waals surface area (Å²) in [6.45, 7) is 7.73. The van der Waals surface area contributed by atoms with Crippen molar-refractivity contribution in [2.24, 2.45) is 5.92 Å². The summed E-state index contributed by atoms with van der Waals surface area (Å²) in [5.74, 6) is 1.08. The van der Waals surface area contributed by atoms with Gasteiger partial charge in [0.1, 0.15) is 10.8 Å². The van der Waals surface area contributed by atoms with Crippen LogP contribution in [0.1, 0.15) is 37.3 Å². The molecule has 2 aromatic rings. The number of piperazine rings is 1. The zero-order valence-electron chi connectivity index (χ0n) is 18.8. The zero-order chi connectivity index (χ0) is 23.1. The molecule has 0 aliphatic carbocycles. The van der Waals surface area contributed by atoms with Crippen LogP contribution in [-0.4, -0.2) is 65.1 Å². The third-order valence-electron chi connectivity index (χ3n) is 5.22. The van der Waals surface area contributed by atoms with Crippen LogP contribution in [0.3, 0.4) is 0 Å². The van der Waals surface area contributed by atoms with Gasteiger partial charge in [0.05, 0.1) is 7.11 Å². The largest absolute Gasteiger partial charge is 0.496 e. The second-order valence-electron chi connectivity index (χ2n) is 8.26. The molecular formula is C22H30ClN5O3S. The smallest absolute Gasteiger partial charge is 0.226 e. The minimum Gasteiger partial charge on any atom is -0.496 e. The number of ether oxygens (including phenoxy) is 1. The third kappa shape index (κ3) is 7.15. The van der Waals surface area contributed by atoms with E-state index in [9.17, 15) is 9.59 Å². The minimum atomic E-state index is -0.211. The summed E-state index contributed by atoms with van der Waals surface area (Å²) >= 11 is 7.51. The van der Waals surface area contributed by atoms with Crippen LogP contribution < -0.4 is 10.1 Å². The van der Waals surface area contributed by atoms with E-state index < -0.39 is 0 Å². The van der Waals surface area contributed by atoms with Crippen molar-refractivity contribution in [1.29, 1.82) is 0 Å². The topological polar surface area (TPSA) is 87.7 Å². The van der Waals surface area contributed by atoms with Crippen molar-refractivity contribution in [2.75, 3.05) is 38.6 Å².